The Bertz CT molecular complexity index is 3440. The van der Waals surface area contributed by atoms with Gasteiger partial charge in [-0.15, -0.1) is 0 Å². The number of alkyl carbamates (subject to hydrolysis) is 2. The third-order valence-corrected chi connectivity index (χ3v) is 16.7. The van der Waals surface area contributed by atoms with E-state index in [1.54, 1.807) is 54.2 Å². The smallest absolute Gasteiger partial charge is 0.408 e. The van der Waals surface area contributed by atoms with Crippen molar-refractivity contribution < 1.29 is 38.1 Å². The average molecular weight is 1320 g/mol. The summed E-state index contributed by atoms with van der Waals surface area (Å²) in [5.41, 5.74) is 12.9. The highest BCUT2D eigenvalue weighted by Gasteiger charge is 2.32. The maximum absolute atomic E-state index is 13.2. The molecule has 22 nitrogen and oxygen atoms in total. The molecule has 2 amide bonds. The number of pyridine rings is 2. The van der Waals surface area contributed by atoms with E-state index in [4.69, 9.17) is 51.2 Å². The minimum Gasteiger partial charge on any atom is -0.458 e. The molecular weight excluding hydrogens is 1220 g/mol. The lowest BCUT2D eigenvalue weighted by Gasteiger charge is -2.34. The summed E-state index contributed by atoms with van der Waals surface area (Å²) in [4.78, 5) is 82.2. The van der Waals surface area contributed by atoms with Crippen molar-refractivity contribution in [2.75, 3.05) is 78.1 Å². The molecular formula is C72H99ClN14O8. The van der Waals surface area contributed by atoms with Crippen molar-refractivity contribution in [3.8, 4) is 0 Å². The third kappa shape index (κ3) is 22.6. The molecule has 0 aliphatic carbocycles. The van der Waals surface area contributed by atoms with Gasteiger partial charge in [-0.25, -0.2) is 49.1 Å². The fraction of sp³-hybridized carbons (Fsp3) is 0.528. The molecule has 0 saturated carbocycles. The van der Waals surface area contributed by atoms with Crippen LogP contribution in [0.2, 0.25) is 5.15 Å². The second-order valence-corrected chi connectivity index (χ2v) is 27.8. The zero-order valence-corrected chi connectivity index (χ0v) is 57.9. The normalized spacial score (nSPS) is 15.6. The molecule has 23 heteroatoms. The number of aryl methyl sites for hydroxylation is 2. The second-order valence-electron chi connectivity index (χ2n) is 27.5. The number of rotatable bonds is 20. The maximum Gasteiger partial charge on any atom is 0.408 e. The molecule has 512 valence electrons. The lowest BCUT2D eigenvalue weighted by Crippen LogP contribution is -2.48. The Labute approximate surface area is 565 Å². The van der Waals surface area contributed by atoms with Crippen LogP contribution in [0, 0.1) is 11.8 Å². The fourth-order valence-corrected chi connectivity index (χ4v) is 11.9. The van der Waals surface area contributed by atoms with Crippen LogP contribution in [0.5, 0.6) is 0 Å². The number of amides is 2. The van der Waals surface area contributed by atoms with Gasteiger partial charge in [-0.1, -0.05) is 112 Å². The minimum absolute atomic E-state index is 0.0602. The highest BCUT2D eigenvalue weighted by atomic mass is 35.5. The number of aromatic nitrogens is 6. The van der Waals surface area contributed by atoms with Crippen molar-refractivity contribution in [1.29, 1.82) is 0 Å². The molecule has 4 aromatic heterocycles. The molecule has 7 N–H and O–H groups in total. The Morgan fingerprint density at radius 3 is 1.47 bits per heavy atom. The first-order valence-corrected chi connectivity index (χ1v) is 34.0. The minimum atomic E-state index is -1.00. The van der Waals surface area contributed by atoms with Gasteiger partial charge in [0.15, 0.2) is 0 Å². The van der Waals surface area contributed by atoms with Crippen LogP contribution in [-0.4, -0.2) is 130 Å². The number of nitrogens with one attached hydrogen (secondary N) is 5. The molecule has 0 radical (unpaired) electrons. The maximum atomic E-state index is 13.2. The highest BCUT2D eigenvalue weighted by Crippen LogP contribution is 2.36. The van der Waals surface area contributed by atoms with Gasteiger partial charge < -0.3 is 61.1 Å². The number of ether oxygens (including phenoxy) is 4. The number of hydrogen-bond donors (Lipinski definition) is 6. The summed E-state index contributed by atoms with van der Waals surface area (Å²) in [6.07, 6.45) is 12.1. The predicted molar refractivity (Wildman–Crippen MR) is 373 cm³/mol. The quantitative estimate of drug-likeness (QED) is 0.0235. The van der Waals surface area contributed by atoms with Gasteiger partial charge in [0, 0.05) is 86.7 Å². The molecule has 2 saturated heterocycles. The summed E-state index contributed by atoms with van der Waals surface area (Å²) in [5.74, 6) is 5.35. The number of carbonyl (C=O) groups is 4. The summed E-state index contributed by atoms with van der Waals surface area (Å²) in [7, 11) is 0. The first-order chi connectivity index (χ1) is 45.5. The van der Waals surface area contributed by atoms with Crippen molar-refractivity contribution in [3.05, 3.63) is 148 Å². The number of carbonyl (C=O) groups excluding carboxylic acids is 4. The molecule has 0 spiro atoms. The molecule has 2 atom stereocenters. The van der Waals surface area contributed by atoms with Crippen LogP contribution in [-0.2, 0) is 67.4 Å². The third-order valence-electron chi connectivity index (χ3n) is 16.4. The summed E-state index contributed by atoms with van der Waals surface area (Å²) in [5, 5.41) is 16.0. The van der Waals surface area contributed by atoms with Gasteiger partial charge in [-0.3, -0.25) is 0 Å². The van der Waals surface area contributed by atoms with E-state index in [1.807, 2.05) is 60.7 Å². The van der Waals surface area contributed by atoms with E-state index in [9.17, 15) is 19.2 Å². The van der Waals surface area contributed by atoms with E-state index in [0.29, 0.717) is 34.6 Å². The number of nitrogens with zero attached hydrogens (tertiary/aromatic N) is 8. The van der Waals surface area contributed by atoms with Gasteiger partial charge in [-0.2, -0.15) is 0 Å². The van der Waals surface area contributed by atoms with E-state index >= 15 is 0 Å². The molecule has 10 rings (SSSR count). The molecule has 0 bridgehead atoms. The standard InChI is InChI=1S/C36H49N7O4.C21H28ClN5.C15H22N2O4/c1-24(2)20-28-32(38-21-30(34(44)47-36(3,4)5)42-35(45)46-22-25-10-7-6-8-11-25)39-23-40-33(28)43-18-15-26(16-19-43)29-14-13-27-12-9-17-37-31(27)41-29;1-14(2)12-17-19(22)24-13-25-21(17)27-10-7-15(8-11-27)18-6-5-16-4-3-9-23-20(16)26-18;1-15(2,3)21-13(18)12(9-16)17-14(19)20-10-11-7-5-4-6-8-11/h6-8,10-11,13-14,23-24,26,30H,9,12,15-22H2,1-5H3,(H,37,41)(H,42,45)(H,38,39,40);5-6,13-15H,3-4,7-12H2,1-2H3,(H,23,26);4-8,12H,9-10,16H2,1-3H3,(H,17,19)/t30-;;12-/m0.0/s1. The largest absolute Gasteiger partial charge is 0.458 e. The number of hydrogen-bond acceptors (Lipinski definition) is 20. The van der Waals surface area contributed by atoms with E-state index < -0.39 is 47.4 Å². The second kappa shape index (κ2) is 34.9. The van der Waals surface area contributed by atoms with Gasteiger partial charge >= 0.3 is 24.1 Å². The Morgan fingerprint density at radius 2 is 1.02 bits per heavy atom. The van der Waals surface area contributed by atoms with Gasteiger partial charge in [0.2, 0.25) is 0 Å². The number of anilines is 5. The molecule has 0 unspecified atom stereocenters. The van der Waals surface area contributed by atoms with Crippen molar-refractivity contribution in [2.45, 2.75) is 182 Å². The Balaban J connectivity index is 0.000000203. The first kappa shape index (κ1) is 72.5. The Morgan fingerprint density at radius 1 is 0.589 bits per heavy atom. The Kier molecular flexibility index (Phi) is 26.6. The fourth-order valence-electron chi connectivity index (χ4n) is 11.7. The van der Waals surface area contributed by atoms with E-state index in [0.717, 1.165) is 148 Å². The molecule has 2 aromatic carbocycles. The van der Waals surface area contributed by atoms with Crippen LogP contribution in [0.15, 0.2) is 97.6 Å². The van der Waals surface area contributed by atoms with Gasteiger partial charge in [0.1, 0.15) is 83.4 Å². The molecule has 6 aromatic rings. The number of nitrogens with two attached hydrogens (primary N) is 1. The van der Waals surface area contributed by atoms with E-state index in [2.05, 4.69) is 103 Å². The lowest BCUT2D eigenvalue weighted by molar-refractivity contribution is -0.158. The molecule has 4 aliphatic heterocycles. The molecule has 95 heavy (non-hydrogen) atoms. The summed E-state index contributed by atoms with van der Waals surface area (Å²) in [6, 6.07) is 25.6. The monoisotopic (exact) mass is 1320 g/mol. The van der Waals surface area contributed by atoms with Crippen LogP contribution in [0.25, 0.3) is 0 Å². The Hall–Kier alpha value is -8.37. The zero-order valence-electron chi connectivity index (χ0n) is 57.1. The van der Waals surface area contributed by atoms with Crippen LogP contribution in [0.1, 0.15) is 164 Å². The molecule has 2 fully saturated rings. The summed E-state index contributed by atoms with van der Waals surface area (Å²) < 4.78 is 21.2. The number of fused-ring (bicyclic) bond motifs is 2. The van der Waals surface area contributed by atoms with Gasteiger partial charge in [0.05, 0.1) is 0 Å². The number of benzene rings is 2. The van der Waals surface area contributed by atoms with Gasteiger partial charge in [0.25, 0.3) is 0 Å². The molecule has 8 heterocycles. The predicted octanol–water partition coefficient (Wildman–Crippen LogP) is 11.9. The van der Waals surface area contributed by atoms with E-state index in [-0.39, 0.29) is 26.3 Å². The SMILES string of the molecule is CC(C)(C)OC(=O)[C@H](CN)NC(=O)OCc1ccccc1.CC(C)Cc1c(Cl)ncnc1N1CCC(c2ccc3c(n2)NCCC3)CC1.CC(C)Cc1c(NC[C@H](NC(=O)OCc2ccccc2)C(=O)OC(C)(C)C)ncnc1N1CCC(c2ccc3c(n2)NCCC3)CC1. The molecule has 4 aliphatic rings. The van der Waals surface area contributed by atoms with Crippen LogP contribution in [0.3, 0.4) is 0 Å². The first-order valence-electron chi connectivity index (χ1n) is 33.6. The lowest BCUT2D eigenvalue weighted by atomic mass is 9.91. The zero-order chi connectivity index (χ0) is 68.1. The topological polar surface area (TPSA) is 275 Å². The summed E-state index contributed by atoms with van der Waals surface area (Å²) >= 11 is 6.39. The average Bonchev–Trinajstić information content (AvgIpc) is 0.843. The van der Waals surface area contributed by atoms with Crippen molar-refractivity contribution >= 4 is 64.8 Å². The van der Waals surface area contributed by atoms with Crippen LogP contribution < -0.4 is 42.1 Å². The van der Waals surface area contributed by atoms with Crippen LogP contribution in [0.4, 0.5) is 38.7 Å². The van der Waals surface area contributed by atoms with Crippen molar-refractivity contribution in [1.82, 2.24) is 40.5 Å². The van der Waals surface area contributed by atoms with Crippen molar-refractivity contribution in [2.24, 2.45) is 17.6 Å². The summed E-state index contributed by atoms with van der Waals surface area (Å²) in [6.45, 7) is 25.3. The number of halogens is 1. The number of esters is 2. The van der Waals surface area contributed by atoms with Crippen molar-refractivity contribution in [3.63, 3.8) is 0 Å². The van der Waals surface area contributed by atoms with Crippen LogP contribution >= 0.6 is 11.6 Å². The highest BCUT2D eigenvalue weighted by molar-refractivity contribution is 6.30. The number of piperidine rings is 2. The van der Waals surface area contributed by atoms with E-state index in [1.165, 1.54) is 23.2 Å². The van der Waals surface area contributed by atoms with Gasteiger partial charge in [-0.05, 0) is 152 Å².